The summed E-state index contributed by atoms with van der Waals surface area (Å²) in [4.78, 5) is 20.6. The fourth-order valence-electron chi connectivity index (χ4n) is 2.37. The first-order valence-corrected chi connectivity index (χ1v) is 7.81. The average molecular weight is 331 g/mol. The molecule has 0 N–H and O–H groups in total. The smallest absolute Gasteiger partial charge is 0.270 e. The second-order valence-electron chi connectivity index (χ2n) is 5.01. The van der Waals surface area contributed by atoms with E-state index in [-0.39, 0.29) is 12.5 Å². The molecule has 1 aliphatic rings. The number of carbonyl (C=O) groups excluding carboxylic acids is 1. The zero-order valence-corrected chi connectivity index (χ0v) is 13.1. The van der Waals surface area contributed by atoms with Crippen molar-refractivity contribution in [3.63, 3.8) is 0 Å². The van der Waals surface area contributed by atoms with Crippen LogP contribution in [0.25, 0.3) is 10.2 Å². The number of amides is 1. The molecule has 1 aromatic carbocycles. The summed E-state index contributed by atoms with van der Waals surface area (Å²) in [6.07, 6.45) is 2.87. The Kier molecular flexibility index (Phi) is 3.34. The minimum atomic E-state index is -0.282. The van der Waals surface area contributed by atoms with Crippen molar-refractivity contribution < 1.29 is 14.3 Å². The molecule has 4 rings (SSSR count). The van der Waals surface area contributed by atoms with Crippen molar-refractivity contribution in [3.8, 4) is 11.5 Å². The van der Waals surface area contributed by atoms with Crippen molar-refractivity contribution in [2.45, 2.75) is 6.54 Å². The van der Waals surface area contributed by atoms with Gasteiger partial charge in [-0.25, -0.2) is 9.67 Å². The minimum absolute atomic E-state index is 0.0664. The van der Waals surface area contributed by atoms with E-state index >= 15 is 0 Å². The normalized spacial score (nSPS) is 14.4. The van der Waals surface area contributed by atoms with Crippen molar-refractivity contribution >= 4 is 27.5 Å². The van der Waals surface area contributed by atoms with Gasteiger partial charge in [0.2, 0.25) is 0 Å². The van der Waals surface area contributed by atoms with Crippen molar-refractivity contribution in [2.75, 3.05) is 13.2 Å². The molecule has 3 heterocycles. The Morgan fingerprint density at radius 3 is 2.87 bits per heavy atom. The molecule has 8 nitrogen and oxygen atoms in total. The highest BCUT2D eigenvalue weighted by Gasteiger charge is 2.15. The largest absolute Gasteiger partial charge is 0.486 e. The van der Waals surface area contributed by atoms with Gasteiger partial charge in [-0.15, -0.1) is 0 Å². The molecule has 23 heavy (non-hydrogen) atoms. The molecule has 1 amide bonds. The van der Waals surface area contributed by atoms with E-state index in [1.807, 2.05) is 23.7 Å². The van der Waals surface area contributed by atoms with Gasteiger partial charge < -0.3 is 14.0 Å². The molecule has 0 aliphatic carbocycles. The Balaban J connectivity index is 1.73. The van der Waals surface area contributed by atoms with Crippen LogP contribution in [0.5, 0.6) is 11.5 Å². The van der Waals surface area contributed by atoms with Gasteiger partial charge in [0, 0.05) is 19.2 Å². The van der Waals surface area contributed by atoms with E-state index < -0.39 is 0 Å². The van der Waals surface area contributed by atoms with Crippen LogP contribution in [-0.2, 0) is 18.4 Å². The molecule has 0 unspecified atom stereocenters. The summed E-state index contributed by atoms with van der Waals surface area (Å²) in [5, 5.41) is 3.90. The van der Waals surface area contributed by atoms with E-state index in [4.69, 9.17) is 9.47 Å². The topological polar surface area (TPSA) is 83.5 Å². The third kappa shape index (κ3) is 2.59. The van der Waals surface area contributed by atoms with E-state index in [9.17, 15) is 4.79 Å². The maximum absolute atomic E-state index is 12.1. The lowest BCUT2D eigenvalue weighted by atomic mass is 10.3. The average Bonchev–Trinajstić information content (AvgIpc) is 3.15. The van der Waals surface area contributed by atoms with Gasteiger partial charge in [-0.1, -0.05) is 11.3 Å². The molecule has 0 bridgehead atoms. The van der Waals surface area contributed by atoms with Crippen LogP contribution >= 0.6 is 11.3 Å². The lowest BCUT2D eigenvalue weighted by Crippen LogP contribution is -2.17. The third-order valence-corrected chi connectivity index (χ3v) is 4.55. The van der Waals surface area contributed by atoms with Crippen molar-refractivity contribution in [1.29, 1.82) is 0 Å². The summed E-state index contributed by atoms with van der Waals surface area (Å²) in [5.74, 6) is 1.17. The third-order valence-electron chi connectivity index (χ3n) is 3.46. The monoisotopic (exact) mass is 331 g/mol. The highest BCUT2D eigenvalue weighted by molar-refractivity contribution is 7.16. The number of hydrogen-bond donors (Lipinski definition) is 0. The van der Waals surface area contributed by atoms with E-state index in [1.54, 1.807) is 0 Å². The highest BCUT2D eigenvalue weighted by Crippen LogP contribution is 2.35. The second kappa shape index (κ2) is 5.51. The number of aryl methyl sites for hydroxylation is 1. The van der Waals surface area contributed by atoms with Gasteiger partial charge in [0.15, 0.2) is 16.3 Å². The number of fused-ring (bicyclic) bond motifs is 2. The van der Waals surface area contributed by atoms with Crippen LogP contribution in [0.3, 0.4) is 0 Å². The van der Waals surface area contributed by atoms with E-state index in [2.05, 4.69) is 15.1 Å². The number of aromatic nitrogens is 4. The maximum atomic E-state index is 12.1. The molecule has 118 valence electrons. The van der Waals surface area contributed by atoms with Crippen LogP contribution in [0.2, 0.25) is 0 Å². The Bertz CT molecular complexity index is 941. The molecule has 9 heteroatoms. The van der Waals surface area contributed by atoms with Crippen LogP contribution < -0.4 is 14.3 Å². The maximum Gasteiger partial charge on any atom is 0.270 e. The summed E-state index contributed by atoms with van der Waals surface area (Å²) < 4.78 is 15.5. The predicted molar refractivity (Wildman–Crippen MR) is 82.4 cm³/mol. The van der Waals surface area contributed by atoms with Crippen LogP contribution in [0.15, 0.2) is 29.8 Å². The minimum Gasteiger partial charge on any atom is -0.486 e. The molecule has 0 spiro atoms. The van der Waals surface area contributed by atoms with E-state index in [0.717, 1.165) is 21.7 Å². The summed E-state index contributed by atoms with van der Waals surface area (Å²) in [7, 11) is 1.87. The first-order chi connectivity index (χ1) is 11.2. The van der Waals surface area contributed by atoms with Gasteiger partial charge in [0.1, 0.15) is 32.4 Å². The van der Waals surface area contributed by atoms with Crippen LogP contribution in [-0.4, -0.2) is 38.5 Å². The Morgan fingerprint density at radius 2 is 2.13 bits per heavy atom. The molecular weight excluding hydrogens is 318 g/mol. The lowest BCUT2D eigenvalue weighted by molar-refractivity contribution is -0.118. The van der Waals surface area contributed by atoms with Gasteiger partial charge in [0.25, 0.3) is 5.91 Å². The standard InChI is InChI=1S/C14H13N5O3S/c1-18-9-4-10-11(22-3-2-21-10)5-12(9)23-14(18)17-13(20)6-19-8-15-7-16-19/h4-5,7-8H,2-3,6H2,1H3. The number of rotatable bonds is 2. The Labute approximate surface area is 134 Å². The zero-order chi connectivity index (χ0) is 15.8. The first-order valence-electron chi connectivity index (χ1n) is 7.00. The highest BCUT2D eigenvalue weighted by atomic mass is 32.1. The number of carbonyl (C=O) groups is 1. The van der Waals surface area contributed by atoms with Crippen LogP contribution in [0, 0.1) is 0 Å². The van der Waals surface area contributed by atoms with Gasteiger partial charge in [-0.2, -0.15) is 10.1 Å². The molecule has 0 saturated heterocycles. The Morgan fingerprint density at radius 1 is 1.35 bits per heavy atom. The fraction of sp³-hybridized carbons (Fsp3) is 0.286. The summed E-state index contributed by atoms with van der Waals surface area (Å²) >= 11 is 1.43. The SMILES string of the molecule is Cn1c(=NC(=O)Cn2cncn2)sc2cc3c(cc21)OCCO3. The molecule has 2 aromatic heterocycles. The fourth-order valence-corrected chi connectivity index (χ4v) is 3.41. The van der Waals surface area contributed by atoms with Crippen molar-refractivity contribution in [2.24, 2.45) is 12.0 Å². The molecular formula is C14H13N5O3S. The Hall–Kier alpha value is -2.68. The summed E-state index contributed by atoms with van der Waals surface area (Å²) in [6.45, 7) is 1.15. The quantitative estimate of drug-likeness (QED) is 0.691. The van der Waals surface area contributed by atoms with E-state index in [0.29, 0.717) is 18.0 Å². The van der Waals surface area contributed by atoms with Gasteiger partial charge in [0.05, 0.1) is 10.2 Å². The van der Waals surface area contributed by atoms with Crippen LogP contribution in [0.4, 0.5) is 0 Å². The molecule has 0 saturated carbocycles. The zero-order valence-electron chi connectivity index (χ0n) is 12.3. The second-order valence-corrected chi connectivity index (χ2v) is 6.01. The number of ether oxygens (including phenoxy) is 2. The van der Waals surface area contributed by atoms with Crippen LogP contribution in [0.1, 0.15) is 0 Å². The molecule has 0 radical (unpaired) electrons. The summed E-state index contributed by atoms with van der Waals surface area (Å²) in [5.41, 5.74) is 0.951. The number of thiazole rings is 1. The summed E-state index contributed by atoms with van der Waals surface area (Å²) in [6, 6.07) is 3.84. The molecule has 0 atom stereocenters. The molecule has 1 aliphatic heterocycles. The molecule has 0 fully saturated rings. The number of benzene rings is 1. The predicted octanol–water partition coefficient (Wildman–Crippen LogP) is 0.730. The van der Waals surface area contributed by atoms with Crippen molar-refractivity contribution in [1.82, 2.24) is 19.3 Å². The van der Waals surface area contributed by atoms with Gasteiger partial charge in [-0.3, -0.25) is 4.79 Å². The first kappa shape index (κ1) is 13.9. The number of hydrogen-bond acceptors (Lipinski definition) is 6. The van der Waals surface area contributed by atoms with Crippen molar-refractivity contribution in [3.05, 3.63) is 29.6 Å². The number of nitrogens with zero attached hydrogens (tertiary/aromatic N) is 5. The lowest BCUT2D eigenvalue weighted by Gasteiger charge is -2.18. The van der Waals surface area contributed by atoms with E-state index in [1.165, 1.54) is 28.7 Å². The molecule has 3 aromatic rings. The van der Waals surface area contributed by atoms with Gasteiger partial charge >= 0.3 is 0 Å². The van der Waals surface area contributed by atoms with Gasteiger partial charge in [-0.05, 0) is 0 Å².